The van der Waals surface area contributed by atoms with Gasteiger partial charge in [-0.25, -0.2) is 0 Å². The van der Waals surface area contributed by atoms with E-state index in [9.17, 15) is 0 Å². The topological polar surface area (TPSA) is 3.24 Å². The number of anilines is 1. The van der Waals surface area contributed by atoms with Crippen LogP contribution in [0, 0.1) is 0 Å². The predicted molar refractivity (Wildman–Crippen MR) is 85.3 cm³/mol. The van der Waals surface area contributed by atoms with Crippen molar-refractivity contribution in [3.63, 3.8) is 0 Å². The van der Waals surface area contributed by atoms with Gasteiger partial charge in [0.2, 0.25) is 0 Å². The Bertz CT molecular complexity index is 508. The number of rotatable bonds is 4. The summed E-state index contributed by atoms with van der Waals surface area (Å²) in [6.07, 6.45) is 0. The second kappa shape index (κ2) is 6.39. The lowest BCUT2D eigenvalue weighted by molar-refractivity contribution is 0.918. The van der Waals surface area contributed by atoms with Gasteiger partial charge in [-0.1, -0.05) is 62.2 Å². The summed E-state index contributed by atoms with van der Waals surface area (Å²) in [6.45, 7) is 0.898. The van der Waals surface area contributed by atoms with E-state index in [1.807, 2.05) is 6.07 Å². The van der Waals surface area contributed by atoms with Gasteiger partial charge in [0, 0.05) is 29.1 Å². The van der Waals surface area contributed by atoms with Crippen molar-refractivity contribution in [2.75, 3.05) is 11.9 Å². The molecule has 3 heteroatoms. The summed E-state index contributed by atoms with van der Waals surface area (Å²) in [5.41, 5.74) is 3.83. The normalized spacial score (nSPS) is 10.4. The maximum absolute atomic E-state index is 3.59. The lowest BCUT2D eigenvalue weighted by Crippen LogP contribution is -2.16. The third-order valence-corrected chi connectivity index (χ3v) is 4.32. The van der Waals surface area contributed by atoms with Crippen molar-refractivity contribution < 1.29 is 0 Å². The molecule has 0 fully saturated rings. The second-order valence-electron chi connectivity index (χ2n) is 4.25. The molecule has 2 aromatic rings. The molecule has 94 valence electrons. The maximum atomic E-state index is 3.59. The van der Waals surface area contributed by atoms with Crippen molar-refractivity contribution in [2.24, 2.45) is 0 Å². The molecule has 0 radical (unpaired) electrons. The van der Waals surface area contributed by atoms with Crippen molar-refractivity contribution in [1.82, 2.24) is 0 Å². The summed E-state index contributed by atoms with van der Waals surface area (Å²) in [6, 6.07) is 17.0. The first-order chi connectivity index (χ1) is 8.70. The van der Waals surface area contributed by atoms with Crippen LogP contribution in [0.25, 0.3) is 0 Å². The van der Waals surface area contributed by atoms with E-state index in [4.69, 9.17) is 0 Å². The quantitative estimate of drug-likeness (QED) is 0.688. The molecule has 0 aromatic heterocycles. The minimum absolute atomic E-state index is 0.898. The van der Waals surface area contributed by atoms with Crippen molar-refractivity contribution in [2.45, 2.75) is 11.9 Å². The number of halogens is 2. The molecule has 0 bridgehead atoms. The van der Waals surface area contributed by atoms with E-state index < -0.39 is 0 Å². The molecule has 1 nitrogen and oxygen atoms in total. The van der Waals surface area contributed by atoms with E-state index >= 15 is 0 Å². The Morgan fingerprint density at radius 2 is 1.67 bits per heavy atom. The van der Waals surface area contributed by atoms with Crippen LogP contribution in [0.3, 0.4) is 0 Å². The van der Waals surface area contributed by atoms with Crippen LogP contribution in [0.1, 0.15) is 11.1 Å². The average molecular weight is 369 g/mol. The highest BCUT2D eigenvalue weighted by Gasteiger charge is 2.04. The zero-order chi connectivity index (χ0) is 13.0. The summed E-state index contributed by atoms with van der Waals surface area (Å²) in [5.74, 6) is 0. The van der Waals surface area contributed by atoms with E-state index in [1.165, 1.54) is 16.8 Å². The Morgan fingerprint density at radius 1 is 1.00 bits per heavy atom. The van der Waals surface area contributed by atoms with Crippen LogP contribution in [0.15, 0.2) is 53.0 Å². The Labute approximate surface area is 125 Å². The Kier molecular flexibility index (Phi) is 4.84. The van der Waals surface area contributed by atoms with Crippen LogP contribution in [-0.2, 0) is 11.9 Å². The first-order valence-electron chi connectivity index (χ1n) is 5.80. The molecule has 0 spiro atoms. The largest absolute Gasteiger partial charge is 0.370 e. The van der Waals surface area contributed by atoms with E-state index in [2.05, 4.69) is 86.3 Å². The zero-order valence-corrected chi connectivity index (χ0v) is 13.4. The van der Waals surface area contributed by atoms with Crippen LogP contribution >= 0.6 is 31.9 Å². The minimum Gasteiger partial charge on any atom is -0.370 e. The zero-order valence-electron chi connectivity index (χ0n) is 10.2. The van der Waals surface area contributed by atoms with Gasteiger partial charge < -0.3 is 4.90 Å². The van der Waals surface area contributed by atoms with Crippen LogP contribution in [0.4, 0.5) is 5.69 Å². The first-order valence-corrected chi connectivity index (χ1v) is 7.71. The molecule has 0 atom stereocenters. The lowest BCUT2D eigenvalue weighted by atomic mass is 10.2. The molecule has 18 heavy (non-hydrogen) atoms. The van der Waals surface area contributed by atoms with Crippen LogP contribution in [-0.4, -0.2) is 7.05 Å². The van der Waals surface area contributed by atoms with Crippen molar-refractivity contribution in [3.8, 4) is 0 Å². The number of hydrogen-bond acceptors (Lipinski definition) is 1. The average Bonchev–Trinajstić information content (AvgIpc) is 2.41. The van der Waals surface area contributed by atoms with Gasteiger partial charge in [-0.2, -0.15) is 0 Å². The Hall–Kier alpha value is -0.800. The summed E-state index contributed by atoms with van der Waals surface area (Å²) in [7, 11) is 2.11. The fourth-order valence-corrected chi connectivity index (χ4v) is 2.60. The summed E-state index contributed by atoms with van der Waals surface area (Å²) in [4.78, 5) is 2.25. The first kappa shape index (κ1) is 13.6. The van der Waals surface area contributed by atoms with E-state index in [-0.39, 0.29) is 0 Å². The van der Waals surface area contributed by atoms with Gasteiger partial charge in [0.1, 0.15) is 0 Å². The van der Waals surface area contributed by atoms with Gasteiger partial charge in [0.15, 0.2) is 0 Å². The lowest BCUT2D eigenvalue weighted by Gasteiger charge is -2.20. The monoisotopic (exact) mass is 367 g/mol. The van der Waals surface area contributed by atoms with E-state index in [1.54, 1.807) is 0 Å². The van der Waals surface area contributed by atoms with Gasteiger partial charge in [-0.05, 0) is 29.3 Å². The molecule has 0 saturated carbocycles. The molecule has 0 amide bonds. The van der Waals surface area contributed by atoms with E-state index in [0.29, 0.717) is 0 Å². The highest BCUT2D eigenvalue weighted by molar-refractivity contribution is 9.10. The molecule has 0 aliphatic heterocycles. The molecule has 0 N–H and O–H groups in total. The highest BCUT2D eigenvalue weighted by atomic mass is 79.9. The van der Waals surface area contributed by atoms with Gasteiger partial charge in [0.05, 0.1) is 0 Å². The van der Waals surface area contributed by atoms with Crippen LogP contribution < -0.4 is 4.90 Å². The van der Waals surface area contributed by atoms with Gasteiger partial charge in [0.25, 0.3) is 0 Å². The predicted octanol–water partition coefficient (Wildman–Crippen LogP) is 4.98. The molecule has 2 aromatic carbocycles. The smallest absolute Gasteiger partial charge is 0.0437 e. The van der Waals surface area contributed by atoms with Crippen molar-refractivity contribution in [1.29, 1.82) is 0 Å². The summed E-state index contributed by atoms with van der Waals surface area (Å²) in [5, 5.41) is 0.904. The number of hydrogen-bond donors (Lipinski definition) is 0. The molecule has 2 rings (SSSR count). The van der Waals surface area contributed by atoms with Crippen LogP contribution in [0.5, 0.6) is 0 Å². The third-order valence-electron chi connectivity index (χ3n) is 2.90. The summed E-state index contributed by atoms with van der Waals surface area (Å²) < 4.78 is 1.16. The van der Waals surface area contributed by atoms with Crippen molar-refractivity contribution in [3.05, 3.63) is 64.1 Å². The Morgan fingerprint density at radius 3 is 2.28 bits per heavy atom. The fourth-order valence-electron chi connectivity index (χ4n) is 1.81. The molecule has 0 unspecified atom stereocenters. The Balaban J connectivity index is 2.11. The number of benzene rings is 2. The molecule has 0 aliphatic rings. The number of alkyl halides is 1. The van der Waals surface area contributed by atoms with Gasteiger partial charge in [-0.3, -0.25) is 0 Å². The fraction of sp³-hybridized carbons (Fsp3) is 0.200. The van der Waals surface area contributed by atoms with Gasteiger partial charge >= 0.3 is 0 Å². The van der Waals surface area contributed by atoms with Crippen LogP contribution in [0.2, 0.25) is 0 Å². The van der Waals surface area contributed by atoms with Gasteiger partial charge in [-0.15, -0.1) is 0 Å². The molecular formula is C15H15Br2N. The van der Waals surface area contributed by atoms with E-state index in [0.717, 1.165) is 16.3 Å². The minimum atomic E-state index is 0.898. The molecule has 0 saturated heterocycles. The number of nitrogens with zero attached hydrogens (tertiary/aromatic N) is 1. The highest BCUT2D eigenvalue weighted by Crippen LogP contribution is 2.21. The maximum Gasteiger partial charge on any atom is 0.0437 e. The molecule has 0 heterocycles. The SMILES string of the molecule is CN(Cc1ccccc1Br)c1ccc(CBr)cc1. The van der Waals surface area contributed by atoms with Crippen molar-refractivity contribution >= 4 is 37.5 Å². The summed E-state index contributed by atoms with van der Waals surface area (Å²) >= 11 is 7.05. The molecular weight excluding hydrogens is 354 g/mol. The second-order valence-corrected chi connectivity index (χ2v) is 5.66. The third kappa shape index (κ3) is 3.36. The standard InChI is InChI=1S/C15H15Br2N/c1-18(11-13-4-2-3-5-15(13)17)14-8-6-12(10-16)7-9-14/h2-9H,10-11H2,1H3. The molecule has 0 aliphatic carbocycles.